The normalized spacial score (nSPS) is 16.8. The Morgan fingerprint density at radius 2 is 1.97 bits per heavy atom. The number of benzene rings is 2. The van der Waals surface area contributed by atoms with E-state index in [9.17, 15) is 9.59 Å². The zero-order valence-electron chi connectivity index (χ0n) is 19.2. The highest BCUT2D eigenvalue weighted by molar-refractivity contribution is 6.34. The SMILES string of the molecule is CNC(=O)C[C@H]1CCCN(C(=O)C(C)Oc2ccc3c(-c4ccccc4Cl)cc(Cl)nc3c2)C1. The lowest BCUT2D eigenvalue weighted by Crippen LogP contribution is -2.46. The first-order valence-corrected chi connectivity index (χ1v) is 12.1. The van der Waals surface area contributed by atoms with Gasteiger partial charge in [-0.3, -0.25) is 9.59 Å². The number of rotatable bonds is 6. The molecule has 0 saturated carbocycles. The van der Waals surface area contributed by atoms with E-state index in [0.717, 1.165) is 29.4 Å². The molecule has 0 radical (unpaired) electrons. The van der Waals surface area contributed by atoms with Crippen molar-refractivity contribution >= 4 is 45.9 Å². The number of hydrogen-bond donors (Lipinski definition) is 1. The Morgan fingerprint density at radius 1 is 1.18 bits per heavy atom. The number of likely N-dealkylation sites (tertiary alicyclic amines) is 1. The summed E-state index contributed by atoms with van der Waals surface area (Å²) in [7, 11) is 1.63. The monoisotopic (exact) mass is 499 g/mol. The van der Waals surface area contributed by atoms with Gasteiger partial charge in [-0.2, -0.15) is 0 Å². The quantitative estimate of drug-likeness (QED) is 0.464. The molecule has 1 aromatic heterocycles. The zero-order valence-corrected chi connectivity index (χ0v) is 20.7. The fraction of sp³-hybridized carbons (Fsp3) is 0.346. The Bertz CT molecular complexity index is 1220. The molecular formula is C26H27Cl2N3O3. The number of pyridine rings is 1. The van der Waals surface area contributed by atoms with Crippen molar-refractivity contribution in [1.82, 2.24) is 15.2 Å². The maximum atomic E-state index is 13.0. The Labute approximate surface area is 209 Å². The maximum absolute atomic E-state index is 13.0. The average molecular weight is 500 g/mol. The van der Waals surface area contributed by atoms with E-state index in [1.807, 2.05) is 36.4 Å². The minimum Gasteiger partial charge on any atom is -0.481 e. The van der Waals surface area contributed by atoms with E-state index in [-0.39, 0.29) is 17.7 Å². The maximum Gasteiger partial charge on any atom is 0.263 e. The van der Waals surface area contributed by atoms with Crippen molar-refractivity contribution in [1.29, 1.82) is 0 Å². The summed E-state index contributed by atoms with van der Waals surface area (Å²) in [6.07, 6.45) is 1.58. The molecule has 1 unspecified atom stereocenters. The van der Waals surface area contributed by atoms with Crippen LogP contribution in [0.1, 0.15) is 26.2 Å². The fourth-order valence-corrected chi connectivity index (χ4v) is 4.90. The molecule has 1 aliphatic heterocycles. The van der Waals surface area contributed by atoms with Gasteiger partial charge in [0.1, 0.15) is 10.9 Å². The number of nitrogens with one attached hydrogen (secondary N) is 1. The van der Waals surface area contributed by atoms with Crippen molar-refractivity contribution in [2.24, 2.45) is 5.92 Å². The molecule has 6 nitrogen and oxygen atoms in total. The van der Waals surface area contributed by atoms with E-state index in [4.69, 9.17) is 27.9 Å². The number of aromatic nitrogens is 1. The van der Waals surface area contributed by atoms with Gasteiger partial charge in [-0.05, 0) is 55.5 Å². The summed E-state index contributed by atoms with van der Waals surface area (Å²) in [5, 5.41) is 4.52. The lowest BCUT2D eigenvalue weighted by atomic mass is 9.94. The number of halogens is 2. The second-order valence-corrected chi connectivity index (χ2v) is 9.38. The van der Waals surface area contributed by atoms with Crippen LogP contribution in [0.3, 0.4) is 0 Å². The Hall–Kier alpha value is -2.83. The summed E-state index contributed by atoms with van der Waals surface area (Å²) < 4.78 is 6.00. The Kier molecular flexibility index (Phi) is 7.59. The zero-order chi connectivity index (χ0) is 24.2. The molecule has 0 aliphatic carbocycles. The third kappa shape index (κ3) is 5.45. The fourth-order valence-electron chi connectivity index (χ4n) is 4.46. The smallest absolute Gasteiger partial charge is 0.263 e. The van der Waals surface area contributed by atoms with Gasteiger partial charge in [0.25, 0.3) is 5.91 Å². The largest absolute Gasteiger partial charge is 0.481 e. The molecule has 1 saturated heterocycles. The molecule has 2 atom stereocenters. The number of nitrogens with zero attached hydrogens (tertiary/aromatic N) is 2. The van der Waals surface area contributed by atoms with Crippen molar-refractivity contribution in [3.05, 3.63) is 58.7 Å². The number of fused-ring (bicyclic) bond motifs is 1. The van der Waals surface area contributed by atoms with E-state index in [0.29, 0.717) is 41.0 Å². The third-order valence-corrected chi connectivity index (χ3v) is 6.68. The summed E-state index contributed by atoms with van der Waals surface area (Å²) in [6, 6.07) is 14.9. The molecule has 8 heteroatoms. The Morgan fingerprint density at radius 3 is 2.74 bits per heavy atom. The average Bonchev–Trinajstić information content (AvgIpc) is 2.83. The van der Waals surface area contributed by atoms with Crippen LogP contribution in [0.4, 0.5) is 0 Å². The van der Waals surface area contributed by atoms with E-state index in [1.165, 1.54) is 0 Å². The summed E-state index contributed by atoms with van der Waals surface area (Å²) >= 11 is 12.7. The van der Waals surface area contributed by atoms with E-state index in [2.05, 4.69) is 10.3 Å². The first-order chi connectivity index (χ1) is 16.4. The van der Waals surface area contributed by atoms with Crippen LogP contribution in [0.25, 0.3) is 22.0 Å². The molecule has 1 fully saturated rings. The van der Waals surface area contributed by atoms with Crippen LogP contribution in [0.5, 0.6) is 5.75 Å². The number of carbonyl (C=O) groups is 2. The van der Waals surface area contributed by atoms with Gasteiger partial charge in [-0.1, -0.05) is 41.4 Å². The molecule has 178 valence electrons. The predicted octanol–water partition coefficient (Wildman–Crippen LogP) is 5.35. The number of ether oxygens (including phenoxy) is 1. The van der Waals surface area contributed by atoms with Gasteiger partial charge in [-0.15, -0.1) is 0 Å². The number of piperidine rings is 1. The van der Waals surface area contributed by atoms with Crippen molar-refractivity contribution in [3.8, 4) is 16.9 Å². The van der Waals surface area contributed by atoms with Crippen molar-refractivity contribution in [2.45, 2.75) is 32.3 Å². The first kappa shape index (κ1) is 24.3. The lowest BCUT2D eigenvalue weighted by Gasteiger charge is -2.34. The number of amides is 2. The van der Waals surface area contributed by atoms with E-state index >= 15 is 0 Å². The van der Waals surface area contributed by atoms with E-state index < -0.39 is 6.10 Å². The standard InChI is InChI=1S/C26H27Cl2N3O3/c1-16(26(33)31-11-5-6-17(15-31)12-25(32)29-2)34-18-9-10-20-21(14-24(28)30-23(20)13-18)19-7-3-4-8-22(19)27/h3-4,7-10,13-14,16-17H,5-6,11-12,15H2,1-2H3,(H,29,32)/t16?,17-/m1/s1. The molecule has 34 heavy (non-hydrogen) atoms. The molecule has 1 aliphatic rings. The summed E-state index contributed by atoms with van der Waals surface area (Å²) in [6.45, 7) is 2.98. The topological polar surface area (TPSA) is 71.5 Å². The predicted molar refractivity (Wildman–Crippen MR) is 135 cm³/mol. The number of carbonyl (C=O) groups excluding carboxylic acids is 2. The van der Waals surface area contributed by atoms with Gasteiger partial charge in [0, 0.05) is 48.6 Å². The second-order valence-electron chi connectivity index (χ2n) is 8.58. The first-order valence-electron chi connectivity index (χ1n) is 11.4. The van der Waals surface area contributed by atoms with Gasteiger partial charge in [0.2, 0.25) is 5.91 Å². The van der Waals surface area contributed by atoms with E-state index in [1.54, 1.807) is 31.0 Å². The van der Waals surface area contributed by atoms with Crippen LogP contribution < -0.4 is 10.1 Å². The molecule has 2 aromatic carbocycles. The van der Waals surface area contributed by atoms with Crippen molar-refractivity contribution < 1.29 is 14.3 Å². The van der Waals surface area contributed by atoms with Crippen molar-refractivity contribution in [3.63, 3.8) is 0 Å². The Balaban J connectivity index is 1.51. The van der Waals surface area contributed by atoms with Gasteiger partial charge in [-0.25, -0.2) is 4.98 Å². The third-order valence-electron chi connectivity index (χ3n) is 6.16. The summed E-state index contributed by atoms with van der Waals surface area (Å²) in [5.74, 6) is 0.617. The van der Waals surface area contributed by atoms with Gasteiger partial charge in [0.15, 0.2) is 6.10 Å². The molecular weight excluding hydrogens is 473 g/mol. The van der Waals surface area contributed by atoms with Gasteiger partial charge in [0.05, 0.1) is 5.52 Å². The summed E-state index contributed by atoms with van der Waals surface area (Å²) in [5.41, 5.74) is 2.40. The minimum atomic E-state index is -0.668. The molecule has 0 spiro atoms. The lowest BCUT2D eigenvalue weighted by molar-refractivity contribution is -0.140. The molecule has 2 heterocycles. The summed E-state index contributed by atoms with van der Waals surface area (Å²) in [4.78, 5) is 31.0. The molecule has 4 rings (SSSR count). The van der Waals surface area contributed by atoms with Crippen LogP contribution in [-0.4, -0.2) is 47.9 Å². The highest BCUT2D eigenvalue weighted by Gasteiger charge is 2.29. The highest BCUT2D eigenvalue weighted by Crippen LogP contribution is 2.36. The molecule has 0 bridgehead atoms. The minimum absolute atomic E-state index is 0.00193. The van der Waals surface area contributed by atoms with Gasteiger partial charge < -0.3 is 15.0 Å². The van der Waals surface area contributed by atoms with Gasteiger partial charge >= 0.3 is 0 Å². The molecule has 2 amide bonds. The number of hydrogen-bond acceptors (Lipinski definition) is 4. The second kappa shape index (κ2) is 10.6. The highest BCUT2D eigenvalue weighted by atomic mass is 35.5. The van der Waals surface area contributed by atoms with Crippen LogP contribution in [0, 0.1) is 5.92 Å². The van der Waals surface area contributed by atoms with Crippen LogP contribution >= 0.6 is 23.2 Å². The van der Waals surface area contributed by atoms with Crippen LogP contribution in [0.2, 0.25) is 10.2 Å². The molecule has 3 aromatic rings. The van der Waals surface area contributed by atoms with Crippen LogP contribution in [-0.2, 0) is 9.59 Å². The van der Waals surface area contributed by atoms with Crippen molar-refractivity contribution in [2.75, 3.05) is 20.1 Å². The van der Waals surface area contributed by atoms with Crippen LogP contribution in [0.15, 0.2) is 48.5 Å². The molecule has 1 N–H and O–H groups in total.